The zero-order chi connectivity index (χ0) is 12.8. The molecule has 2 heterocycles. The summed E-state index contributed by atoms with van der Waals surface area (Å²) in [5.74, 6) is 0.108. The van der Waals surface area contributed by atoms with E-state index in [0.29, 0.717) is 6.61 Å². The molecule has 1 amide bonds. The molecule has 0 aliphatic carbocycles. The van der Waals surface area contributed by atoms with E-state index >= 15 is 0 Å². The van der Waals surface area contributed by atoms with Gasteiger partial charge in [-0.1, -0.05) is 0 Å². The maximum absolute atomic E-state index is 12.2. The van der Waals surface area contributed by atoms with Crippen molar-refractivity contribution in [3.05, 3.63) is 0 Å². The molecule has 2 saturated heterocycles. The van der Waals surface area contributed by atoms with E-state index in [1.807, 2.05) is 11.8 Å². The summed E-state index contributed by atoms with van der Waals surface area (Å²) in [4.78, 5) is 14.1. The maximum atomic E-state index is 12.2. The van der Waals surface area contributed by atoms with E-state index in [2.05, 4.69) is 5.32 Å². The number of hydrogen-bond donors (Lipinski definition) is 1. The molecule has 0 spiro atoms. The van der Waals surface area contributed by atoms with Crippen LogP contribution in [0.25, 0.3) is 0 Å². The molecular formula is C13H24N2O3. The molecule has 104 valence electrons. The summed E-state index contributed by atoms with van der Waals surface area (Å²) in [6.45, 7) is 6.70. The first kappa shape index (κ1) is 13.8. The number of nitrogens with zero attached hydrogens (tertiary/aromatic N) is 1. The standard InChI is InChI=1S/C13H24N2O3/c1-11(18-10-12-4-2-9-17-12)13(16)15-7-3-5-14-6-8-15/h11-12,14H,2-10H2,1H3. The van der Waals surface area contributed by atoms with Crippen LogP contribution in [0.5, 0.6) is 0 Å². The molecule has 2 aliphatic rings. The van der Waals surface area contributed by atoms with Gasteiger partial charge in [-0.05, 0) is 32.7 Å². The van der Waals surface area contributed by atoms with Crippen molar-refractivity contribution in [3.8, 4) is 0 Å². The Morgan fingerprint density at radius 1 is 1.44 bits per heavy atom. The molecule has 18 heavy (non-hydrogen) atoms. The molecule has 1 N–H and O–H groups in total. The van der Waals surface area contributed by atoms with E-state index in [0.717, 1.165) is 52.0 Å². The Kier molecular flexibility index (Phi) is 5.41. The van der Waals surface area contributed by atoms with Crippen molar-refractivity contribution in [1.29, 1.82) is 0 Å². The molecule has 5 heteroatoms. The summed E-state index contributed by atoms with van der Waals surface area (Å²) < 4.78 is 11.1. The number of hydrogen-bond acceptors (Lipinski definition) is 4. The van der Waals surface area contributed by atoms with Gasteiger partial charge in [-0.3, -0.25) is 4.79 Å². The molecule has 0 radical (unpaired) electrons. The first-order valence-corrected chi connectivity index (χ1v) is 7.00. The van der Waals surface area contributed by atoms with E-state index in [1.54, 1.807) is 0 Å². The quantitative estimate of drug-likeness (QED) is 0.790. The summed E-state index contributed by atoms with van der Waals surface area (Å²) in [5, 5.41) is 3.29. The number of carbonyl (C=O) groups excluding carboxylic acids is 1. The Bertz CT molecular complexity index is 259. The van der Waals surface area contributed by atoms with Gasteiger partial charge in [0.05, 0.1) is 12.7 Å². The highest BCUT2D eigenvalue weighted by atomic mass is 16.5. The highest BCUT2D eigenvalue weighted by Crippen LogP contribution is 2.13. The fraction of sp³-hybridized carbons (Fsp3) is 0.923. The van der Waals surface area contributed by atoms with Gasteiger partial charge in [-0.2, -0.15) is 0 Å². The average molecular weight is 256 g/mol. The third-order valence-corrected chi connectivity index (χ3v) is 3.56. The van der Waals surface area contributed by atoms with E-state index in [-0.39, 0.29) is 18.1 Å². The summed E-state index contributed by atoms with van der Waals surface area (Å²) in [5.41, 5.74) is 0. The van der Waals surface area contributed by atoms with Gasteiger partial charge in [-0.15, -0.1) is 0 Å². The van der Waals surface area contributed by atoms with E-state index < -0.39 is 0 Å². The first-order chi connectivity index (χ1) is 8.77. The fourth-order valence-corrected chi connectivity index (χ4v) is 2.42. The molecule has 0 aromatic carbocycles. The molecule has 2 atom stereocenters. The molecule has 0 bridgehead atoms. The lowest BCUT2D eigenvalue weighted by atomic mass is 10.2. The SMILES string of the molecule is CC(OCC1CCCO1)C(=O)N1CCCNCC1. The number of ether oxygens (including phenoxy) is 2. The molecule has 2 rings (SSSR count). The van der Waals surface area contributed by atoms with Crippen LogP contribution >= 0.6 is 0 Å². The third kappa shape index (κ3) is 3.93. The Hall–Kier alpha value is -0.650. The van der Waals surface area contributed by atoms with Crippen LogP contribution in [0.15, 0.2) is 0 Å². The van der Waals surface area contributed by atoms with E-state index in [1.165, 1.54) is 0 Å². The minimum absolute atomic E-state index is 0.108. The van der Waals surface area contributed by atoms with Crippen molar-refractivity contribution in [2.45, 2.75) is 38.4 Å². The lowest BCUT2D eigenvalue weighted by Crippen LogP contribution is -2.41. The minimum atomic E-state index is -0.354. The Balaban J connectivity index is 1.72. The van der Waals surface area contributed by atoms with Crippen LogP contribution in [-0.4, -0.2) is 62.4 Å². The van der Waals surface area contributed by atoms with Crippen LogP contribution in [0.4, 0.5) is 0 Å². The maximum Gasteiger partial charge on any atom is 0.251 e. The van der Waals surface area contributed by atoms with Crippen LogP contribution in [0, 0.1) is 0 Å². The van der Waals surface area contributed by atoms with Crippen molar-refractivity contribution < 1.29 is 14.3 Å². The van der Waals surface area contributed by atoms with Crippen molar-refractivity contribution in [2.24, 2.45) is 0 Å². The Labute approximate surface area is 109 Å². The van der Waals surface area contributed by atoms with Crippen molar-refractivity contribution >= 4 is 5.91 Å². The second kappa shape index (κ2) is 7.07. The van der Waals surface area contributed by atoms with Crippen LogP contribution < -0.4 is 5.32 Å². The van der Waals surface area contributed by atoms with Crippen molar-refractivity contribution in [3.63, 3.8) is 0 Å². The zero-order valence-electron chi connectivity index (χ0n) is 11.2. The number of nitrogens with one attached hydrogen (secondary N) is 1. The summed E-state index contributed by atoms with van der Waals surface area (Å²) in [6, 6.07) is 0. The Morgan fingerprint density at radius 2 is 2.33 bits per heavy atom. The second-order valence-corrected chi connectivity index (χ2v) is 5.04. The van der Waals surface area contributed by atoms with Crippen LogP contribution in [0.2, 0.25) is 0 Å². The number of carbonyl (C=O) groups is 1. The van der Waals surface area contributed by atoms with Gasteiger partial charge in [0.2, 0.25) is 0 Å². The van der Waals surface area contributed by atoms with Gasteiger partial charge in [0.25, 0.3) is 5.91 Å². The monoisotopic (exact) mass is 256 g/mol. The normalized spacial score (nSPS) is 26.9. The molecule has 0 aromatic heterocycles. The molecular weight excluding hydrogens is 232 g/mol. The van der Waals surface area contributed by atoms with Gasteiger partial charge >= 0.3 is 0 Å². The molecule has 2 unspecified atom stereocenters. The average Bonchev–Trinajstić information content (AvgIpc) is 2.75. The lowest BCUT2D eigenvalue weighted by molar-refractivity contribution is -0.144. The summed E-state index contributed by atoms with van der Waals surface area (Å²) >= 11 is 0. The highest BCUT2D eigenvalue weighted by molar-refractivity contribution is 5.80. The first-order valence-electron chi connectivity index (χ1n) is 7.00. The van der Waals surface area contributed by atoms with Gasteiger partial charge in [0.15, 0.2) is 0 Å². The smallest absolute Gasteiger partial charge is 0.251 e. The molecule has 0 aromatic rings. The topological polar surface area (TPSA) is 50.8 Å². The highest BCUT2D eigenvalue weighted by Gasteiger charge is 2.24. The molecule has 5 nitrogen and oxygen atoms in total. The predicted molar refractivity (Wildman–Crippen MR) is 68.5 cm³/mol. The zero-order valence-corrected chi connectivity index (χ0v) is 11.2. The molecule has 2 aliphatic heterocycles. The molecule has 0 saturated carbocycles. The van der Waals surface area contributed by atoms with Crippen LogP contribution in [0.3, 0.4) is 0 Å². The minimum Gasteiger partial charge on any atom is -0.376 e. The van der Waals surface area contributed by atoms with Crippen molar-refractivity contribution in [2.75, 3.05) is 39.4 Å². The Morgan fingerprint density at radius 3 is 3.11 bits per heavy atom. The van der Waals surface area contributed by atoms with Gasteiger partial charge in [0, 0.05) is 26.2 Å². The lowest BCUT2D eigenvalue weighted by Gasteiger charge is -2.24. The summed E-state index contributed by atoms with van der Waals surface area (Å²) in [7, 11) is 0. The van der Waals surface area contributed by atoms with Gasteiger partial charge < -0.3 is 19.7 Å². The second-order valence-electron chi connectivity index (χ2n) is 5.04. The molecule has 2 fully saturated rings. The van der Waals surface area contributed by atoms with Gasteiger partial charge in [-0.25, -0.2) is 0 Å². The predicted octanol–water partition coefficient (Wildman–Crippen LogP) is 0.392. The number of amides is 1. The fourth-order valence-electron chi connectivity index (χ4n) is 2.42. The van der Waals surface area contributed by atoms with Crippen molar-refractivity contribution in [1.82, 2.24) is 10.2 Å². The van der Waals surface area contributed by atoms with Crippen LogP contribution in [0.1, 0.15) is 26.2 Å². The number of rotatable bonds is 4. The largest absolute Gasteiger partial charge is 0.376 e. The van der Waals surface area contributed by atoms with E-state index in [9.17, 15) is 4.79 Å². The van der Waals surface area contributed by atoms with Gasteiger partial charge in [0.1, 0.15) is 6.10 Å². The van der Waals surface area contributed by atoms with Crippen LogP contribution in [-0.2, 0) is 14.3 Å². The van der Waals surface area contributed by atoms with E-state index in [4.69, 9.17) is 9.47 Å². The summed E-state index contributed by atoms with van der Waals surface area (Å²) in [6.07, 6.45) is 3.01. The third-order valence-electron chi connectivity index (χ3n) is 3.56.